The van der Waals surface area contributed by atoms with Gasteiger partial charge in [0.25, 0.3) is 0 Å². The second-order valence-electron chi connectivity index (χ2n) is 6.02. The van der Waals surface area contributed by atoms with E-state index in [4.69, 9.17) is 9.47 Å². The fraction of sp³-hybridized carbons (Fsp3) is 0.529. The van der Waals surface area contributed by atoms with Crippen LogP contribution in [-0.2, 0) is 5.41 Å². The zero-order valence-corrected chi connectivity index (χ0v) is 13.5. The van der Waals surface area contributed by atoms with Crippen LogP contribution in [0.5, 0.6) is 11.5 Å². The van der Waals surface area contributed by atoms with E-state index < -0.39 is 6.10 Å². The number of hydrogen-bond acceptors (Lipinski definition) is 4. The summed E-state index contributed by atoms with van der Waals surface area (Å²) in [7, 11) is 1.65. The molecule has 118 valence electrons. The van der Waals surface area contributed by atoms with Gasteiger partial charge < -0.3 is 19.9 Å². The van der Waals surface area contributed by atoms with E-state index in [9.17, 15) is 5.11 Å². The first-order valence-corrected chi connectivity index (χ1v) is 7.19. The Balaban J connectivity index is 2.72. The Morgan fingerprint density at radius 3 is 2.67 bits per heavy atom. The summed E-state index contributed by atoms with van der Waals surface area (Å²) >= 11 is 0. The Hall–Kier alpha value is -1.52. The van der Waals surface area contributed by atoms with Crippen LogP contribution in [0.3, 0.4) is 0 Å². The van der Waals surface area contributed by atoms with Gasteiger partial charge in [0.15, 0.2) is 0 Å². The summed E-state index contributed by atoms with van der Waals surface area (Å²) in [6, 6.07) is 5.74. The minimum absolute atomic E-state index is 0.0596. The van der Waals surface area contributed by atoms with Gasteiger partial charge in [-0.2, -0.15) is 0 Å². The molecule has 0 aliphatic carbocycles. The van der Waals surface area contributed by atoms with Crippen LogP contribution >= 0.6 is 0 Å². The van der Waals surface area contributed by atoms with E-state index in [1.165, 1.54) is 0 Å². The first-order chi connectivity index (χ1) is 9.88. The third-order valence-corrected chi connectivity index (χ3v) is 3.09. The summed E-state index contributed by atoms with van der Waals surface area (Å²) in [5.74, 6) is 1.59. The fourth-order valence-electron chi connectivity index (χ4n) is 1.94. The quantitative estimate of drug-likeness (QED) is 0.571. The molecular formula is C17H27NO3. The van der Waals surface area contributed by atoms with Crippen molar-refractivity contribution in [1.29, 1.82) is 0 Å². The second-order valence-corrected chi connectivity index (χ2v) is 6.02. The predicted octanol–water partition coefficient (Wildman–Crippen LogP) is 2.51. The van der Waals surface area contributed by atoms with Crippen LogP contribution in [0.1, 0.15) is 26.3 Å². The first-order valence-electron chi connectivity index (χ1n) is 7.19. The van der Waals surface area contributed by atoms with Crippen molar-refractivity contribution in [3.63, 3.8) is 0 Å². The standard InChI is InChI=1S/C17H27NO3/c1-6-9-18-11-13(19)12-21-16-8-7-14(20-5)10-15(16)17(2,3)4/h6-8,10,13,18-19H,1,9,11-12H2,2-5H3/t13-/m0/s1. The van der Waals surface area contributed by atoms with Gasteiger partial charge in [0, 0.05) is 18.7 Å². The molecule has 0 saturated heterocycles. The molecule has 1 atom stereocenters. The Labute approximate surface area is 127 Å². The maximum atomic E-state index is 9.89. The normalized spacial score (nSPS) is 12.8. The average Bonchev–Trinajstić information content (AvgIpc) is 2.44. The molecule has 0 aromatic heterocycles. The molecule has 0 heterocycles. The van der Waals surface area contributed by atoms with Gasteiger partial charge >= 0.3 is 0 Å². The molecule has 1 aromatic carbocycles. The molecular weight excluding hydrogens is 266 g/mol. The molecule has 0 amide bonds. The van der Waals surface area contributed by atoms with Gasteiger partial charge in [0.1, 0.15) is 24.2 Å². The first kappa shape index (κ1) is 17.5. The molecule has 4 heteroatoms. The average molecular weight is 293 g/mol. The Morgan fingerprint density at radius 1 is 1.38 bits per heavy atom. The van der Waals surface area contributed by atoms with E-state index in [1.54, 1.807) is 13.2 Å². The number of ether oxygens (including phenoxy) is 2. The van der Waals surface area contributed by atoms with E-state index in [1.807, 2.05) is 18.2 Å². The summed E-state index contributed by atoms with van der Waals surface area (Å²) < 4.78 is 11.1. The molecule has 0 aliphatic rings. The lowest BCUT2D eigenvalue weighted by Crippen LogP contribution is -2.31. The fourth-order valence-corrected chi connectivity index (χ4v) is 1.94. The smallest absolute Gasteiger partial charge is 0.123 e. The molecule has 0 radical (unpaired) electrons. The van der Waals surface area contributed by atoms with Crippen molar-refractivity contribution in [2.75, 3.05) is 26.8 Å². The predicted molar refractivity (Wildman–Crippen MR) is 86.3 cm³/mol. The molecule has 0 aliphatic heterocycles. The number of rotatable bonds is 8. The number of aliphatic hydroxyl groups excluding tert-OH is 1. The SMILES string of the molecule is C=CCNC[C@H](O)COc1ccc(OC)cc1C(C)(C)C. The third kappa shape index (κ3) is 5.78. The van der Waals surface area contributed by atoms with Gasteiger partial charge in [0.05, 0.1) is 7.11 Å². The number of methoxy groups -OCH3 is 1. The molecule has 1 aromatic rings. The molecule has 0 saturated carbocycles. The van der Waals surface area contributed by atoms with Crippen LogP contribution in [0, 0.1) is 0 Å². The Morgan fingerprint density at radius 2 is 2.10 bits per heavy atom. The van der Waals surface area contributed by atoms with Crippen LogP contribution in [0.15, 0.2) is 30.9 Å². The van der Waals surface area contributed by atoms with Crippen LogP contribution in [-0.4, -0.2) is 38.0 Å². The Bertz CT molecular complexity index is 452. The highest BCUT2D eigenvalue weighted by Gasteiger charge is 2.20. The maximum absolute atomic E-state index is 9.89. The lowest BCUT2D eigenvalue weighted by molar-refractivity contribution is 0.106. The monoisotopic (exact) mass is 293 g/mol. The minimum atomic E-state index is -0.556. The van der Waals surface area contributed by atoms with Gasteiger partial charge in [-0.3, -0.25) is 0 Å². The maximum Gasteiger partial charge on any atom is 0.123 e. The molecule has 21 heavy (non-hydrogen) atoms. The van der Waals surface area contributed by atoms with Crippen LogP contribution in [0.25, 0.3) is 0 Å². The minimum Gasteiger partial charge on any atom is -0.497 e. The number of hydrogen-bond donors (Lipinski definition) is 2. The van der Waals surface area contributed by atoms with Gasteiger partial charge in [-0.15, -0.1) is 6.58 Å². The summed E-state index contributed by atoms with van der Waals surface area (Å²) in [5, 5.41) is 13.0. The number of nitrogens with one attached hydrogen (secondary N) is 1. The zero-order valence-electron chi connectivity index (χ0n) is 13.5. The van der Waals surface area contributed by atoms with Crippen molar-refractivity contribution in [3.05, 3.63) is 36.4 Å². The van der Waals surface area contributed by atoms with Crippen molar-refractivity contribution in [2.24, 2.45) is 0 Å². The molecule has 2 N–H and O–H groups in total. The largest absolute Gasteiger partial charge is 0.497 e. The molecule has 1 rings (SSSR count). The highest BCUT2D eigenvalue weighted by Crippen LogP contribution is 2.34. The highest BCUT2D eigenvalue weighted by atomic mass is 16.5. The van der Waals surface area contributed by atoms with Gasteiger partial charge in [0.2, 0.25) is 0 Å². The van der Waals surface area contributed by atoms with E-state index in [2.05, 4.69) is 32.7 Å². The molecule has 0 fully saturated rings. The Kier molecular flexibility index (Phi) is 6.72. The van der Waals surface area contributed by atoms with E-state index in [0.717, 1.165) is 17.1 Å². The van der Waals surface area contributed by atoms with Crippen molar-refractivity contribution < 1.29 is 14.6 Å². The van der Waals surface area contributed by atoms with E-state index >= 15 is 0 Å². The van der Waals surface area contributed by atoms with Crippen molar-refractivity contribution in [3.8, 4) is 11.5 Å². The van der Waals surface area contributed by atoms with Crippen molar-refractivity contribution in [2.45, 2.75) is 32.3 Å². The summed E-state index contributed by atoms with van der Waals surface area (Å²) in [5.41, 5.74) is 1.00. The molecule has 0 spiro atoms. The number of benzene rings is 1. The highest BCUT2D eigenvalue weighted by molar-refractivity contribution is 5.44. The number of aliphatic hydroxyl groups is 1. The van der Waals surface area contributed by atoms with Crippen molar-refractivity contribution in [1.82, 2.24) is 5.32 Å². The third-order valence-electron chi connectivity index (χ3n) is 3.09. The van der Waals surface area contributed by atoms with Crippen LogP contribution in [0.2, 0.25) is 0 Å². The molecule has 4 nitrogen and oxygen atoms in total. The van der Waals surface area contributed by atoms with Gasteiger partial charge in [-0.1, -0.05) is 26.8 Å². The second kappa shape index (κ2) is 8.05. The topological polar surface area (TPSA) is 50.7 Å². The summed E-state index contributed by atoms with van der Waals surface area (Å²) in [6.07, 6.45) is 1.20. The van der Waals surface area contributed by atoms with Crippen molar-refractivity contribution >= 4 is 0 Å². The molecule has 0 bridgehead atoms. The van der Waals surface area contributed by atoms with Crippen LogP contribution < -0.4 is 14.8 Å². The zero-order chi connectivity index (χ0) is 15.9. The van der Waals surface area contributed by atoms with E-state index in [-0.39, 0.29) is 12.0 Å². The lowest BCUT2D eigenvalue weighted by atomic mass is 9.86. The summed E-state index contributed by atoms with van der Waals surface area (Å²) in [6.45, 7) is 11.4. The van der Waals surface area contributed by atoms with E-state index in [0.29, 0.717) is 13.1 Å². The van der Waals surface area contributed by atoms with Gasteiger partial charge in [-0.05, 0) is 23.6 Å². The summed E-state index contributed by atoms with van der Waals surface area (Å²) in [4.78, 5) is 0. The van der Waals surface area contributed by atoms with Gasteiger partial charge in [-0.25, -0.2) is 0 Å². The van der Waals surface area contributed by atoms with Crippen LogP contribution in [0.4, 0.5) is 0 Å². The molecule has 0 unspecified atom stereocenters. The lowest BCUT2D eigenvalue weighted by Gasteiger charge is -2.24.